The molecule has 2 rings (SSSR count). The lowest BCUT2D eigenvalue weighted by molar-refractivity contribution is 0.229. The molecule has 2 heterocycles. The highest BCUT2D eigenvalue weighted by molar-refractivity contribution is 5.25. The van der Waals surface area contributed by atoms with Crippen molar-refractivity contribution in [3.05, 3.63) is 35.6 Å². The van der Waals surface area contributed by atoms with Crippen molar-refractivity contribution in [1.29, 1.82) is 0 Å². The van der Waals surface area contributed by atoms with Gasteiger partial charge in [0.1, 0.15) is 0 Å². The first-order valence-electron chi connectivity index (χ1n) is 6.25. The van der Waals surface area contributed by atoms with E-state index >= 15 is 0 Å². The molecule has 102 valence electrons. The van der Waals surface area contributed by atoms with Crippen LogP contribution in [0.3, 0.4) is 0 Å². The molecule has 0 aromatic carbocycles. The monoisotopic (exact) mass is 262 g/mol. The van der Waals surface area contributed by atoms with Crippen LogP contribution in [-0.2, 0) is 13.1 Å². The minimum absolute atomic E-state index is 0.105. The standard InChI is InChI=1S/C13H18N4O2/c1-9(2)18-13-11(5-4-6-15-13)7-14-8-12-16-10(3)19-17-12/h4-6,9,14H,7-8H2,1-3H3. The Morgan fingerprint density at radius 2 is 2.21 bits per heavy atom. The van der Waals surface area contributed by atoms with Gasteiger partial charge < -0.3 is 14.6 Å². The molecule has 0 atom stereocenters. The molecule has 0 fully saturated rings. The predicted molar refractivity (Wildman–Crippen MR) is 69.6 cm³/mol. The maximum absolute atomic E-state index is 5.65. The summed E-state index contributed by atoms with van der Waals surface area (Å²) in [5.74, 6) is 1.88. The zero-order chi connectivity index (χ0) is 13.7. The summed E-state index contributed by atoms with van der Waals surface area (Å²) in [7, 11) is 0. The number of ether oxygens (including phenoxy) is 1. The Bertz CT molecular complexity index is 525. The van der Waals surface area contributed by atoms with Gasteiger partial charge in [-0.3, -0.25) is 0 Å². The zero-order valence-electron chi connectivity index (χ0n) is 11.4. The zero-order valence-corrected chi connectivity index (χ0v) is 11.4. The molecule has 0 aliphatic rings. The van der Waals surface area contributed by atoms with E-state index in [1.165, 1.54) is 0 Å². The molecule has 0 unspecified atom stereocenters. The fourth-order valence-corrected chi connectivity index (χ4v) is 1.61. The number of pyridine rings is 1. The summed E-state index contributed by atoms with van der Waals surface area (Å²) in [5, 5.41) is 7.06. The quantitative estimate of drug-likeness (QED) is 0.856. The van der Waals surface area contributed by atoms with E-state index in [-0.39, 0.29) is 6.10 Å². The summed E-state index contributed by atoms with van der Waals surface area (Å²) in [6, 6.07) is 3.88. The summed E-state index contributed by atoms with van der Waals surface area (Å²) in [6.45, 7) is 6.92. The number of hydrogen-bond acceptors (Lipinski definition) is 6. The smallest absolute Gasteiger partial charge is 0.223 e. The Labute approximate surface area is 112 Å². The molecule has 6 nitrogen and oxygen atoms in total. The van der Waals surface area contributed by atoms with Gasteiger partial charge in [0.15, 0.2) is 5.82 Å². The van der Waals surface area contributed by atoms with Gasteiger partial charge in [0.2, 0.25) is 11.8 Å². The molecular formula is C13H18N4O2. The third kappa shape index (κ3) is 4.03. The first kappa shape index (κ1) is 13.5. The van der Waals surface area contributed by atoms with Crippen molar-refractivity contribution in [1.82, 2.24) is 20.4 Å². The van der Waals surface area contributed by atoms with Gasteiger partial charge in [-0.15, -0.1) is 0 Å². The summed E-state index contributed by atoms with van der Waals surface area (Å²) in [4.78, 5) is 8.36. The van der Waals surface area contributed by atoms with Crippen LogP contribution in [0.15, 0.2) is 22.9 Å². The number of aromatic nitrogens is 3. The fourth-order valence-electron chi connectivity index (χ4n) is 1.61. The summed E-state index contributed by atoms with van der Waals surface area (Å²) in [6.07, 6.45) is 1.83. The summed E-state index contributed by atoms with van der Waals surface area (Å²) < 4.78 is 10.6. The predicted octanol–water partition coefficient (Wildman–Crippen LogP) is 1.85. The molecule has 0 bridgehead atoms. The van der Waals surface area contributed by atoms with Crippen molar-refractivity contribution in [2.75, 3.05) is 0 Å². The average Bonchev–Trinajstić information content (AvgIpc) is 2.77. The maximum atomic E-state index is 5.65. The Kier molecular flexibility index (Phi) is 4.46. The number of rotatable bonds is 6. The summed E-state index contributed by atoms with van der Waals surface area (Å²) in [5.41, 5.74) is 1.01. The normalized spacial score (nSPS) is 10.9. The van der Waals surface area contributed by atoms with Crippen molar-refractivity contribution in [2.24, 2.45) is 0 Å². The van der Waals surface area contributed by atoms with Crippen LogP contribution in [0.5, 0.6) is 5.88 Å². The van der Waals surface area contributed by atoms with Crippen LogP contribution in [0.1, 0.15) is 31.1 Å². The van der Waals surface area contributed by atoms with Crippen LogP contribution >= 0.6 is 0 Å². The molecule has 0 aliphatic carbocycles. The molecular weight excluding hydrogens is 244 g/mol. The van der Waals surface area contributed by atoms with Gasteiger partial charge in [-0.1, -0.05) is 11.2 Å². The highest BCUT2D eigenvalue weighted by Crippen LogP contribution is 2.15. The van der Waals surface area contributed by atoms with Crippen LogP contribution in [0.25, 0.3) is 0 Å². The average molecular weight is 262 g/mol. The van der Waals surface area contributed by atoms with E-state index in [9.17, 15) is 0 Å². The number of nitrogens with zero attached hydrogens (tertiary/aromatic N) is 3. The lowest BCUT2D eigenvalue weighted by Crippen LogP contribution is -2.16. The molecule has 19 heavy (non-hydrogen) atoms. The van der Waals surface area contributed by atoms with Gasteiger partial charge in [0, 0.05) is 25.2 Å². The molecule has 0 saturated heterocycles. The third-order valence-corrected chi connectivity index (χ3v) is 2.37. The van der Waals surface area contributed by atoms with E-state index < -0.39 is 0 Å². The highest BCUT2D eigenvalue weighted by Gasteiger charge is 2.07. The molecule has 1 N–H and O–H groups in total. The largest absolute Gasteiger partial charge is 0.475 e. The van der Waals surface area contributed by atoms with E-state index in [1.54, 1.807) is 13.1 Å². The minimum Gasteiger partial charge on any atom is -0.475 e. The van der Waals surface area contributed by atoms with E-state index in [2.05, 4.69) is 20.4 Å². The van der Waals surface area contributed by atoms with Crippen LogP contribution in [0, 0.1) is 6.92 Å². The third-order valence-electron chi connectivity index (χ3n) is 2.37. The Morgan fingerprint density at radius 3 is 2.89 bits per heavy atom. The Balaban J connectivity index is 1.92. The van der Waals surface area contributed by atoms with Crippen LogP contribution in [0.2, 0.25) is 0 Å². The Hall–Kier alpha value is -1.95. The highest BCUT2D eigenvalue weighted by atomic mass is 16.5. The molecule has 6 heteroatoms. The number of aryl methyl sites for hydroxylation is 1. The topological polar surface area (TPSA) is 73.1 Å². The molecule has 0 spiro atoms. The maximum Gasteiger partial charge on any atom is 0.223 e. The second-order valence-electron chi connectivity index (χ2n) is 4.47. The van der Waals surface area contributed by atoms with Crippen LogP contribution < -0.4 is 10.1 Å². The number of nitrogens with one attached hydrogen (secondary N) is 1. The molecule has 0 saturated carbocycles. The molecule has 0 amide bonds. The first-order valence-corrected chi connectivity index (χ1v) is 6.25. The van der Waals surface area contributed by atoms with Gasteiger partial charge in [0.25, 0.3) is 0 Å². The van der Waals surface area contributed by atoms with Crippen molar-refractivity contribution in [3.63, 3.8) is 0 Å². The lowest BCUT2D eigenvalue weighted by Gasteiger charge is -2.12. The Morgan fingerprint density at radius 1 is 1.37 bits per heavy atom. The van der Waals surface area contributed by atoms with Crippen molar-refractivity contribution < 1.29 is 9.26 Å². The molecule has 0 radical (unpaired) electrons. The minimum atomic E-state index is 0.105. The van der Waals surface area contributed by atoms with Gasteiger partial charge in [-0.2, -0.15) is 4.98 Å². The second kappa shape index (κ2) is 6.29. The van der Waals surface area contributed by atoms with Gasteiger partial charge in [0.05, 0.1) is 12.6 Å². The van der Waals surface area contributed by atoms with E-state index in [4.69, 9.17) is 9.26 Å². The fraction of sp³-hybridized carbons (Fsp3) is 0.462. The second-order valence-corrected chi connectivity index (χ2v) is 4.47. The van der Waals surface area contributed by atoms with Gasteiger partial charge in [-0.05, 0) is 19.9 Å². The number of hydrogen-bond donors (Lipinski definition) is 1. The van der Waals surface area contributed by atoms with Gasteiger partial charge in [-0.25, -0.2) is 4.98 Å². The molecule has 2 aromatic rings. The van der Waals surface area contributed by atoms with E-state index in [1.807, 2.05) is 26.0 Å². The van der Waals surface area contributed by atoms with Gasteiger partial charge >= 0.3 is 0 Å². The van der Waals surface area contributed by atoms with E-state index in [0.29, 0.717) is 30.7 Å². The molecule has 2 aromatic heterocycles. The van der Waals surface area contributed by atoms with Crippen molar-refractivity contribution in [3.8, 4) is 5.88 Å². The SMILES string of the molecule is Cc1nc(CNCc2cccnc2OC(C)C)no1. The summed E-state index contributed by atoms with van der Waals surface area (Å²) >= 11 is 0. The van der Waals surface area contributed by atoms with Crippen molar-refractivity contribution >= 4 is 0 Å². The van der Waals surface area contributed by atoms with Crippen molar-refractivity contribution in [2.45, 2.75) is 40.0 Å². The lowest BCUT2D eigenvalue weighted by atomic mass is 10.2. The van der Waals surface area contributed by atoms with E-state index in [0.717, 1.165) is 5.56 Å². The molecule has 0 aliphatic heterocycles. The first-order chi connectivity index (χ1) is 9.15. The van der Waals surface area contributed by atoms with Crippen LogP contribution in [-0.4, -0.2) is 21.2 Å². The van der Waals surface area contributed by atoms with Crippen LogP contribution in [0.4, 0.5) is 0 Å².